The Hall–Kier alpha value is -2.81. The fraction of sp³-hybridized carbons (Fsp3) is 0.370. The first kappa shape index (κ1) is 26.3. The van der Waals surface area contributed by atoms with Crippen LogP contribution in [0.4, 0.5) is 4.39 Å². The van der Waals surface area contributed by atoms with Gasteiger partial charge in [-0.05, 0) is 100 Å². The van der Waals surface area contributed by atoms with Crippen LogP contribution in [-0.4, -0.2) is 47.3 Å². The van der Waals surface area contributed by atoms with Gasteiger partial charge in [0.15, 0.2) is 11.6 Å². The molecule has 1 aliphatic heterocycles. The SMILES string of the molecule is Fc1cc(CCCN2CCCC2)ccc1OC1CC1.NC(=O)C(=O)c1ccc(-c2ccc(Cl)s2)nc1. The molecule has 0 unspecified atom stereocenters. The zero-order valence-corrected chi connectivity index (χ0v) is 21.5. The minimum absolute atomic E-state index is 0.184. The molecule has 0 bridgehead atoms. The van der Waals surface area contributed by atoms with Crippen molar-refractivity contribution in [2.45, 2.75) is 44.6 Å². The molecule has 2 N–H and O–H groups in total. The van der Waals surface area contributed by atoms with Gasteiger partial charge in [0.2, 0.25) is 0 Å². The summed E-state index contributed by atoms with van der Waals surface area (Å²) in [6, 6.07) is 12.2. The minimum Gasteiger partial charge on any atom is -0.487 e. The smallest absolute Gasteiger partial charge is 0.289 e. The average Bonchev–Trinajstić information content (AvgIpc) is 3.33. The molecule has 1 aliphatic carbocycles. The number of halogens is 2. The van der Waals surface area contributed by atoms with Gasteiger partial charge in [0.25, 0.3) is 11.7 Å². The van der Waals surface area contributed by atoms with Crippen LogP contribution < -0.4 is 10.5 Å². The molecule has 0 spiro atoms. The van der Waals surface area contributed by atoms with Crippen molar-refractivity contribution >= 4 is 34.6 Å². The van der Waals surface area contributed by atoms with E-state index in [1.165, 1.54) is 49.5 Å². The van der Waals surface area contributed by atoms with Gasteiger partial charge in [-0.25, -0.2) is 4.39 Å². The third-order valence-electron chi connectivity index (χ3n) is 6.03. The fourth-order valence-electron chi connectivity index (χ4n) is 3.94. The number of likely N-dealkylation sites (tertiary alicyclic amines) is 1. The van der Waals surface area contributed by atoms with Gasteiger partial charge in [-0.2, -0.15) is 0 Å². The van der Waals surface area contributed by atoms with E-state index < -0.39 is 11.7 Å². The van der Waals surface area contributed by atoms with Crippen LogP contribution in [0.2, 0.25) is 4.34 Å². The van der Waals surface area contributed by atoms with Crippen LogP contribution >= 0.6 is 22.9 Å². The van der Waals surface area contributed by atoms with Crippen molar-refractivity contribution in [3.63, 3.8) is 0 Å². The first-order valence-electron chi connectivity index (χ1n) is 12.1. The maximum Gasteiger partial charge on any atom is 0.289 e. The molecule has 0 atom stereocenters. The van der Waals surface area contributed by atoms with E-state index in [0.717, 1.165) is 42.7 Å². The van der Waals surface area contributed by atoms with E-state index in [9.17, 15) is 14.0 Å². The van der Waals surface area contributed by atoms with Crippen LogP contribution in [-0.2, 0) is 11.2 Å². The zero-order valence-electron chi connectivity index (χ0n) is 19.9. The number of rotatable bonds is 9. The number of hydrogen-bond acceptors (Lipinski definition) is 6. The molecule has 3 aromatic rings. The number of Topliss-reactive ketones (excluding diaryl/α,β-unsaturated/α-hetero) is 1. The lowest BCUT2D eigenvalue weighted by atomic mass is 10.1. The van der Waals surface area contributed by atoms with Gasteiger partial charge in [-0.1, -0.05) is 17.7 Å². The number of aryl methyl sites for hydroxylation is 1. The monoisotopic (exact) mass is 529 g/mol. The van der Waals surface area contributed by atoms with Crippen molar-refractivity contribution in [3.05, 3.63) is 69.9 Å². The molecule has 2 fully saturated rings. The summed E-state index contributed by atoms with van der Waals surface area (Å²) in [7, 11) is 0. The van der Waals surface area contributed by atoms with Gasteiger partial charge in [-0.3, -0.25) is 14.6 Å². The zero-order chi connectivity index (χ0) is 25.5. The summed E-state index contributed by atoms with van der Waals surface area (Å²) in [5.74, 6) is -1.51. The van der Waals surface area contributed by atoms with Gasteiger partial charge in [0.05, 0.1) is 21.0 Å². The van der Waals surface area contributed by atoms with Crippen LogP contribution in [0.25, 0.3) is 10.6 Å². The van der Waals surface area contributed by atoms with E-state index >= 15 is 0 Å². The predicted molar refractivity (Wildman–Crippen MR) is 140 cm³/mol. The van der Waals surface area contributed by atoms with Crippen molar-refractivity contribution in [1.82, 2.24) is 9.88 Å². The molecule has 2 aromatic heterocycles. The van der Waals surface area contributed by atoms with E-state index in [-0.39, 0.29) is 17.5 Å². The molecule has 1 saturated carbocycles. The lowest BCUT2D eigenvalue weighted by molar-refractivity contribution is -0.114. The highest BCUT2D eigenvalue weighted by Gasteiger charge is 2.24. The van der Waals surface area contributed by atoms with Gasteiger partial charge in [-0.15, -0.1) is 11.3 Å². The third-order valence-corrected chi connectivity index (χ3v) is 7.28. The summed E-state index contributed by atoms with van der Waals surface area (Å²) in [4.78, 5) is 29.4. The number of benzene rings is 1. The number of pyridine rings is 1. The lowest BCUT2D eigenvalue weighted by Crippen LogP contribution is -2.23. The summed E-state index contributed by atoms with van der Waals surface area (Å²) in [5.41, 5.74) is 6.85. The summed E-state index contributed by atoms with van der Waals surface area (Å²) >= 11 is 7.20. The number of ketones is 1. The van der Waals surface area contributed by atoms with Crippen molar-refractivity contribution < 1.29 is 18.7 Å². The molecular formula is C27H29ClFN3O3S. The van der Waals surface area contributed by atoms with Crippen molar-refractivity contribution in [2.24, 2.45) is 5.73 Å². The maximum absolute atomic E-state index is 13.8. The Morgan fingerprint density at radius 3 is 2.50 bits per heavy atom. The third kappa shape index (κ3) is 7.59. The Kier molecular flexibility index (Phi) is 9.07. The highest BCUT2D eigenvalue weighted by Crippen LogP contribution is 2.30. The minimum atomic E-state index is -0.987. The van der Waals surface area contributed by atoms with E-state index in [2.05, 4.69) is 9.88 Å². The number of amides is 1. The molecule has 2 aliphatic rings. The molecule has 9 heteroatoms. The van der Waals surface area contributed by atoms with E-state index in [1.54, 1.807) is 24.3 Å². The predicted octanol–water partition coefficient (Wildman–Crippen LogP) is 5.53. The highest BCUT2D eigenvalue weighted by atomic mass is 35.5. The molecule has 190 valence electrons. The molecule has 5 rings (SSSR count). The largest absolute Gasteiger partial charge is 0.487 e. The summed E-state index contributed by atoms with van der Waals surface area (Å²) in [6.07, 6.45) is 8.46. The summed E-state index contributed by atoms with van der Waals surface area (Å²) < 4.78 is 20.0. The Morgan fingerprint density at radius 1 is 1.14 bits per heavy atom. The van der Waals surface area contributed by atoms with Gasteiger partial charge < -0.3 is 15.4 Å². The number of thiophene rings is 1. The molecule has 1 aromatic carbocycles. The van der Waals surface area contributed by atoms with E-state index in [1.807, 2.05) is 12.1 Å². The first-order chi connectivity index (χ1) is 17.4. The average molecular weight is 530 g/mol. The molecule has 1 amide bonds. The quantitative estimate of drug-likeness (QED) is 0.291. The molecule has 1 saturated heterocycles. The lowest BCUT2D eigenvalue weighted by Gasteiger charge is -2.14. The van der Waals surface area contributed by atoms with Crippen LogP contribution in [0, 0.1) is 5.82 Å². The Morgan fingerprint density at radius 2 is 1.92 bits per heavy atom. The van der Waals surface area contributed by atoms with Crippen molar-refractivity contribution in [2.75, 3.05) is 19.6 Å². The number of carbonyl (C=O) groups is 2. The summed E-state index contributed by atoms with van der Waals surface area (Å²) in [6.45, 7) is 3.62. The number of nitrogens with two attached hydrogens (primary N) is 1. The molecular weight excluding hydrogens is 501 g/mol. The van der Waals surface area contributed by atoms with Crippen LogP contribution in [0.3, 0.4) is 0 Å². The highest BCUT2D eigenvalue weighted by molar-refractivity contribution is 7.19. The first-order valence-corrected chi connectivity index (χ1v) is 13.3. The number of ether oxygens (including phenoxy) is 1. The Balaban J connectivity index is 0.000000170. The van der Waals surface area contributed by atoms with Gasteiger partial charge in [0, 0.05) is 11.8 Å². The second-order valence-corrected chi connectivity index (χ2v) is 10.7. The van der Waals surface area contributed by atoms with Crippen LogP contribution in [0.1, 0.15) is 48.0 Å². The standard InChI is InChI=1S/C16H22FNO.C11H7ClN2O2S/c17-15-12-13(4-3-11-18-9-1-2-10-18)5-8-16(15)19-14-6-7-14;12-9-4-3-8(17-9)7-2-1-6(5-14-7)10(15)11(13)16/h5,8,12,14H,1-4,6-7,9-11H2;1-5H,(H2,13,16). The molecule has 36 heavy (non-hydrogen) atoms. The number of aromatic nitrogens is 1. The topological polar surface area (TPSA) is 85.5 Å². The number of nitrogens with zero attached hydrogens (tertiary/aromatic N) is 2. The summed E-state index contributed by atoms with van der Waals surface area (Å²) in [5, 5.41) is 0. The molecule has 6 nitrogen and oxygen atoms in total. The number of carbonyl (C=O) groups excluding carboxylic acids is 2. The van der Waals surface area contributed by atoms with Gasteiger partial charge >= 0.3 is 0 Å². The van der Waals surface area contributed by atoms with Gasteiger partial charge in [0.1, 0.15) is 0 Å². The maximum atomic E-state index is 13.8. The Labute approximate surface area is 219 Å². The number of hydrogen-bond donors (Lipinski definition) is 1. The van der Waals surface area contributed by atoms with E-state index in [4.69, 9.17) is 22.1 Å². The van der Waals surface area contributed by atoms with Crippen LogP contribution in [0.5, 0.6) is 5.75 Å². The number of primary amides is 1. The van der Waals surface area contributed by atoms with Crippen LogP contribution in [0.15, 0.2) is 48.7 Å². The van der Waals surface area contributed by atoms with Crippen molar-refractivity contribution in [1.29, 1.82) is 0 Å². The molecule has 3 heterocycles. The molecule has 0 radical (unpaired) electrons. The second-order valence-electron chi connectivity index (χ2n) is 8.96. The fourth-order valence-corrected chi connectivity index (χ4v) is 4.96. The van der Waals surface area contributed by atoms with Crippen molar-refractivity contribution in [3.8, 4) is 16.3 Å². The Bertz CT molecular complexity index is 1190. The second kappa shape index (κ2) is 12.4. The normalized spacial score (nSPS) is 15.3. The van der Waals surface area contributed by atoms with E-state index in [0.29, 0.717) is 15.8 Å².